The molecular formula is C9H10BrN3S2. The monoisotopic (exact) mass is 303 g/mol. The SMILES string of the molecule is Cc1nnc(CNCc2ccc(Br)s2)s1. The molecule has 2 heterocycles. The number of nitrogens with zero attached hydrogens (tertiary/aromatic N) is 2. The number of aromatic nitrogens is 2. The molecule has 0 aliphatic rings. The zero-order valence-corrected chi connectivity index (χ0v) is 11.4. The Morgan fingerprint density at radius 1 is 1.27 bits per heavy atom. The van der Waals surface area contributed by atoms with Crippen molar-refractivity contribution in [1.82, 2.24) is 15.5 Å². The molecule has 3 nitrogen and oxygen atoms in total. The van der Waals surface area contributed by atoms with Crippen molar-refractivity contribution in [3.63, 3.8) is 0 Å². The van der Waals surface area contributed by atoms with Crippen LogP contribution in [0, 0.1) is 6.92 Å². The van der Waals surface area contributed by atoms with Crippen LogP contribution in [0.1, 0.15) is 14.9 Å². The van der Waals surface area contributed by atoms with Gasteiger partial charge in [0, 0.05) is 11.4 Å². The molecule has 0 fully saturated rings. The summed E-state index contributed by atoms with van der Waals surface area (Å²) in [5, 5.41) is 13.4. The Morgan fingerprint density at radius 3 is 2.73 bits per heavy atom. The predicted octanol–water partition coefficient (Wildman–Crippen LogP) is 2.96. The maximum absolute atomic E-state index is 4.05. The maximum atomic E-state index is 4.05. The second-order valence-corrected chi connectivity index (χ2v) is 6.84. The lowest BCUT2D eigenvalue weighted by Crippen LogP contribution is -2.11. The van der Waals surface area contributed by atoms with E-state index in [0.717, 1.165) is 23.1 Å². The van der Waals surface area contributed by atoms with Crippen LogP contribution in [0.25, 0.3) is 0 Å². The van der Waals surface area contributed by atoms with Crippen LogP contribution in [0.2, 0.25) is 0 Å². The van der Waals surface area contributed by atoms with E-state index in [4.69, 9.17) is 0 Å². The van der Waals surface area contributed by atoms with Gasteiger partial charge in [-0.2, -0.15) is 0 Å². The molecule has 0 atom stereocenters. The van der Waals surface area contributed by atoms with E-state index in [1.165, 1.54) is 8.66 Å². The number of nitrogens with one attached hydrogen (secondary N) is 1. The fourth-order valence-corrected chi connectivity index (χ4v) is 3.28. The molecule has 1 N–H and O–H groups in total. The highest BCUT2D eigenvalue weighted by Crippen LogP contribution is 2.21. The normalized spacial score (nSPS) is 10.8. The molecule has 2 rings (SSSR count). The van der Waals surface area contributed by atoms with Gasteiger partial charge in [-0.1, -0.05) is 0 Å². The maximum Gasteiger partial charge on any atom is 0.131 e. The zero-order valence-electron chi connectivity index (χ0n) is 8.16. The van der Waals surface area contributed by atoms with Gasteiger partial charge in [-0.25, -0.2) is 0 Å². The fraction of sp³-hybridized carbons (Fsp3) is 0.333. The number of hydrogen-bond donors (Lipinski definition) is 1. The van der Waals surface area contributed by atoms with E-state index >= 15 is 0 Å². The van der Waals surface area contributed by atoms with Crippen LogP contribution in [0.5, 0.6) is 0 Å². The minimum atomic E-state index is 0.793. The van der Waals surface area contributed by atoms with Crippen molar-refractivity contribution in [2.24, 2.45) is 0 Å². The van der Waals surface area contributed by atoms with E-state index in [-0.39, 0.29) is 0 Å². The molecule has 0 amide bonds. The lowest BCUT2D eigenvalue weighted by molar-refractivity contribution is 0.690. The van der Waals surface area contributed by atoms with E-state index in [2.05, 4.69) is 43.6 Å². The standard InChI is InChI=1S/C9H10BrN3S2/c1-6-12-13-9(14-6)5-11-4-7-2-3-8(10)15-7/h2-3,11H,4-5H2,1H3. The number of hydrogen-bond acceptors (Lipinski definition) is 5. The summed E-state index contributed by atoms with van der Waals surface area (Å²) in [6.45, 7) is 3.65. The largest absolute Gasteiger partial charge is 0.305 e. The highest BCUT2D eigenvalue weighted by molar-refractivity contribution is 9.11. The third-order valence-corrected chi connectivity index (χ3v) is 4.23. The number of thiophene rings is 1. The van der Waals surface area contributed by atoms with Gasteiger partial charge in [0.1, 0.15) is 10.0 Å². The second-order valence-electron chi connectivity index (χ2n) is 3.02. The Kier molecular flexibility index (Phi) is 3.85. The van der Waals surface area contributed by atoms with Gasteiger partial charge in [-0.05, 0) is 35.0 Å². The molecule has 0 aliphatic heterocycles. The van der Waals surface area contributed by atoms with E-state index < -0.39 is 0 Å². The molecule has 6 heteroatoms. The Bertz CT molecular complexity index is 398. The Balaban J connectivity index is 1.80. The molecule has 0 aliphatic carbocycles. The van der Waals surface area contributed by atoms with Gasteiger partial charge in [0.25, 0.3) is 0 Å². The first-order valence-electron chi connectivity index (χ1n) is 4.48. The van der Waals surface area contributed by atoms with Crippen molar-refractivity contribution in [2.45, 2.75) is 20.0 Å². The summed E-state index contributed by atoms with van der Waals surface area (Å²) < 4.78 is 1.17. The van der Waals surface area contributed by atoms with Crippen LogP contribution in [0.3, 0.4) is 0 Å². The lowest BCUT2D eigenvalue weighted by Gasteiger charge is -1.98. The van der Waals surface area contributed by atoms with Gasteiger partial charge >= 0.3 is 0 Å². The molecule has 0 radical (unpaired) electrons. The van der Waals surface area contributed by atoms with Crippen molar-refractivity contribution in [3.05, 3.63) is 30.8 Å². The third-order valence-electron chi connectivity index (χ3n) is 1.77. The highest BCUT2D eigenvalue weighted by Gasteiger charge is 2.01. The van der Waals surface area contributed by atoms with Gasteiger partial charge in [0.2, 0.25) is 0 Å². The van der Waals surface area contributed by atoms with Crippen molar-refractivity contribution >= 4 is 38.6 Å². The molecular weight excluding hydrogens is 294 g/mol. The summed E-state index contributed by atoms with van der Waals surface area (Å²) in [7, 11) is 0. The second kappa shape index (κ2) is 5.16. The summed E-state index contributed by atoms with van der Waals surface area (Å²) in [5.74, 6) is 0. The first kappa shape index (κ1) is 11.2. The molecule has 0 saturated heterocycles. The fourth-order valence-electron chi connectivity index (χ4n) is 1.15. The van der Waals surface area contributed by atoms with Crippen LogP contribution in [0.4, 0.5) is 0 Å². The predicted molar refractivity (Wildman–Crippen MR) is 67.2 cm³/mol. The van der Waals surface area contributed by atoms with E-state index in [0.29, 0.717) is 0 Å². The summed E-state index contributed by atoms with van der Waals surface area (Å²) in [6.07, 6.45) is 0. The van der Waals surface area contributed by atoms with Crippen molar-refractivity contribution in [3.8, 4) is 0 Å². The van der Waals surface area contributed by atoms with Gasteiger partial charge in [-0.3, -0.25) is 0 Å². The summed E-state index contributed by atoms with van der Waals surface area (Å²) in [4.78, 5) is 1.32. The first-order valence-corrected chi connectivity index (χ1v) is 6.90. The smallest absolute Gasteiger partial charge is 0.131 e. The number of halogens is 1. The van der Waals surface area contributed by atoms with Crippen molar-refractivity contribution in [2.75, 3.05) is 0 Å². The van der Waals surface area contributed by atoms with Crippen molar-refractivity contribution < 1.29 is 0 Å². The average molecular weight is 304 g/mol. The third kappa shape index (κ3) is 3.34. The molecule has 0 saturated carbocycles. The van der Waals surface area contributed by atoms with Crippen LogP contribution in [-0.4, -0.2) is 10.2 Å². The van der Waals surface area contributed by atoms with Crippen LogP contribution < -0.4 is 5.32 Å². The quantitative estimate of drug-likeness (QED) is 0.943. The summed E-state index contributed by atoms with van der Waals surface area (Å²) in [5.41, 5.74) is 0. The molecule has 0 bridgehead atoms. The van der Waals surface area contributed by atoms with Gasteiger partial charge < -0.3 is 5.32 Å². The Labute approximate surface area is 105 Å². The van der Waals surface area contributed by atoms with Crippen molar-refractivity contribution in [1.29, 1.82) is 0 Å². The molecule has 15 heavy (non-hydrogen) atoms. The molecule has 0 aromatic carbocycles. The number of aryl methyl sites for hydroxylation is 1. The minimum Gasteiger partial charge on any atom is -0.305 e. The molecule has 2 aromatic rings. The Hall–Kier alpha value is -0.300. The highest BCUT2D eigenvalue weighted by atomic mass is 79.9. The van der Waals surface area contributed by atoms with E-state index in [1.807, 2.05) is 6.92 Å². The van der Waals surface area contributed by atoms with Gasteiger partial charge in [-0.15, -0.1) is 32.9 Å². The average Bonchev–Trinajstić information content (AvgIpc) is 2.76. The van der Waals surface area contributed by atoms with E-state index in [9.17, 15) is 0 Å². The number of rotatable bonds is 4. The summed E-state index contributed by atoms with van der Waals surface area (Å²) >= 11 is 6.83. The lowest BCUT2D eigenvalue weighted by atomic mass is 10.4. The van der Waals surface area contributed by atoms with Crippen LogP contribution in [-0.2, 0) is 13.1 Å². The molecule has 0 unspecified atom stereocenters. The van der Waals surface area contributed by atoms with Crippen LogP contribution in [0.15, 0.2) is 15.9 Å². The van der Waals surface area contributed by atoms with Crippen LogP contribution >= 0.6 is 38.6 Å². The molecule has 0 spiro atoms. The Morgan fingerprint density at radius 2 is 2.13 bits per heavy atom. The minimum absolute atomic E-state index is 0.793. The van der Waals surface area contributed by atoms with Gasteiger partial charge in [0.15, 0.2) is 0 Å². The molecule has 2 aromatic heterocycles. The summed E-state index contributed by atoms with van der Waals surface area (Å²) in [6, 6.07) is 4.18. The first-order chi connectivity index (χ1) is 7.24. The topological polar surface area (TPSA) is 37.8 Å². The molecule has 80 valence electrons. The van der Waals surface area contributed by atoms with E-state index in [1.54, 1.807) is 22.7 Å². The van der Waals surface area contributed by atoms with Gasteiger partial charge in [0.05, 0.1) is 10.3 Å². The zero-order chi connectivity index (χ0) is 10.7.